The minimum Gasteiger partial charge on any atom is -0.406 e. The van der Waals surface area contributed by atoms with Crippen molar-refractivity contribution < 1.29 is 35.8 Å². The molecule has 9 heteroatoms. The summed E-state index contributed by atoms with van der Waals surface area (Å²) in [7, 11) is 0. The SMILES string of the molecule is CCN(Cc1ccc(OC(F)(F)F)cc1)Cc1ccc(OC(F)(F)F)cc1. The minimum absolute atomic E-state index is 0.297. The smallest absolute Gasteiger partial charge is 0.406 e. The summed E-state index contributed by atoms with van der Waals surface area (Å²) in [5.74, 6) is -0.593. The summed E-state index contributed by atoms with van der Waals surface area (Å²) in [6.07, 6.45) is -9.47. The van der Waals surface area contributed by atoms with Crippen LogP contribution in [0, 0.1) is 0 Å². The lowest BCUT2D eigenvalue weighted by molar-refractivity contribution is -0.275. The largest absolute Gasteiger partial charge is 0.573 e. The fourth-order valence-corrected chi connectivity index (χ4v) is 2.39. The van der Waals surface area contributed by atoms with Crippen LogP contribution in [0.3, 0.4) is 0 Å². The van der Waals surface area contributed by atoms with Crippen LogP contribution in [0.25, 0.3) is 0 Å². The molecule has 3 nitrogen and oxygen atoms in total. The third-order valence-corrected chi connectivity index (χ3v) is 3.57. The van der Waals surface area contributed by atoms with Crippen molar-refractivity contribution in [3.63, 3.8) is 0 Å². The molecule has 0 spiro atoms. The van der Waals surface area contributed by atoms with Crippen molar-refractivity contribution in [2.75, 3.05) is 6.54 Å². The number of hydrogen-bond donors (Lipinski definition) is 0. The third kappa shape index (κ3) is 7.78. The zero-order valence-electron chi connectivity index (χ0n) is 14.3. The lowest BCUT2D eigenvalue weighted by Gasteiger charge is -2.21. The molecule has 27 heavy (non-hydrogen) atoms. The van der Waals surface area contributed by atoms with Gasteiger partial charge in [-0.1, -0.05) is 31.2 Å². The van der Waals surface area contributed by atoms with Crippen molar-refractivity contribution in [2.45, 2.75) is 32.7 Å². The second-order valence-corrected chi connectivity index (χ2v) is 5.69. The summed E-state index contributed by atoms with van der Waals surface area (Å²) in [6, 6.07) is 11.1. The molecule has 0 N–H and O–H groups in total. The zero-order valence-corrected chi connectivity index (χ0v) is 14.3. The van der Waals surface area contributed by atoms with Crippen LogP contribution >= 0.6 is 0 Å². The van der Waals surface area contributed by atoms with Gasteiger partial charge in [0.25, 0.3) is 0 Å². The highest BCUT2D eigenvalue weighted by Gasteiger charge is 2.31. The molecule has 0 aromatic heterocycles. The summed E-state index contributed by atoms with van der Waals surface area (Å²) in [5, 5.41) is 0. The predicted octanol–water partition coefficient (Wildman–Crippen LogP) is 5.51. The maximum absolute atomic E-state index is 12.2. The van der Waals surface area contributed by atoms with E-state index >= 15 is 0 Å². The molecule has 0 bridgehead atoms. The third-order valence-electron chi connectivity index (χ3n) is 3.57. The van der Waals surface area contributed by atoms with Gasteiger partial charge in [-0.25, -0.2) is 0 Å². The van der Waals surface area contributed by atoms with Crippen molar-refractivity contribution >= 4 is 0 Å². The highest BCUT2D eigenvalue weighted by molar-refractivity contribution is 5.29. The van der Waals surface area contributed by atoms with Gasteiger partial charge in [0.2, 0.25) is 0 Å². The molecular weight excluding hydrogens is 376 g/mol. The van der Waals surface area contributed by atoms with Gasteiger partial charge in [0.15, 0.2) is 0 Å². The molecule has 148 valence electrons. The maximum Gasteiger partial charge on any atom is 0.573 e. The van der Waals surface area contributed by atoms with Crippen LogP contribution in [0.5, 0.6) is 11.5 Å². The molecule has 0 radical (unpaired) electrons. The average Bonchev–Trinajstić information content (AvgIpc) is 2.55. The molecule has 0 heterocycles. The quantitative estimate of drug-likeness (QED) is 0.580. The number of rotatable bonds is 7. The Bertz CT molecular complexity index is 649. The van der Waals surface area contributed by atoms with Crippen molar-refractivity contribution in [2.24, 2.45) is 0 Å². The maximum atomic E-state index is 12.2. The normalized spacial score (nSPS) is 12.3. The molecular formula is C18H17F6NO2. The summed E-state index contributed by atoms with van der Waals surface area (Å²) in [6.45, 7) is 3.47. The van der Waals surface area contributed by atoms with Crippen molar-refractivity contribution in [1.29, 1.82) is 0 Å². The Labute approximate surface area is 152 Å². The van der Waals surface area contributed by atoms with Gasteiger partial charge in [0, 0.05) is 13.1 Å². The lowest BCUT2D eigenvalue weighted by atomic mass is 10.1. The Kier molecular flexibility index (Phi) is 6.59. The fourth-order valence-electron chi connectivity index (χ4n) is 2.39. The molecule has 0 amide bonds. The van der Waals surface area contributed by atoms with Gasteiger partial charge in [0.1, 0.15) is 11.5 Å². The highest BCUT2D eigenvalue weighted by atomic mass is 19.4. The van der Waals surface area contributed by atoms with Crippen LogP contribution < -0.4 is 9.47 Å². The van der Waals surface area contributed by atoms with Crippen LogP contribution in [-0.4, -0.2) is 24.2 Å². The van der Waals surface area contributed by atoms with E-state index in [1.165, 1.54) is 48.5 Å². The fraction of sp³-hybridized carbons (Fsp3) is 0.333. The number of halogens is 6. The molecule has 2 aromatic rings. The number of ether oxygens (including phenoxy) is 2. The zero-order chi connectivity index (χ0) is 20.1. The Hall–Kier alpha value is -2.42. The van der Waals surface area contributed by atoms with E-state index in [0.717, 1.165) is 11.1 Å². The topological polar surface area (TPSA) is 21.7 Å². The van der Waals surface area contributed by atoms with Crippen LogP contribution in [-0.2, 0) is 13.1 Å². The Morgan fingerprint density at radius 1 is 0.667 bits per heavy atom. The van der Waals surface area contributed by atoms with E-state index < -0.39 is 12.7 Å². The van der Waals surface area contributed by atoms with Crippen molar-refractivity contribution in [3.05, 3.63) is 59.7 Å². The van der Waals surface area contributed by atoms with E-state index in [1.807, 2.05) is 11.8 Å². The van der Waals surface area contributed by atoms with Crippen LogP contribution in [0.15, 0.2) is 48.5 Å². The summed E-state index contributed by atoms with van der Waals surface area (Å²) >= 11 is 0. The van der Waals surface area contributed by atoms with Gasteiger partial charge < -0.3 is 9.47 Å². The number of alkyl halides is 6. The van der Waals surface area contributed by atoms with E-state index in [4.69, 9.17) is 0 Å². The molecule has 2 aromatic carbocycles. The van der Waals surface area contributed by atoms with Crippen molar-refractivity contribution in [3.8, 4) is 11.5 Å². The van der Waals surface area contributed by atoms with Crippen LogP contribution in [0.2, 0.25) is 0 Å². The van der Waals surface area contributed by atoms with Gasteiger partial charge in [-0.3, -0.25) is 4.90 Å². The first kappa shape index (κ1) is 20.9. The Morgan fingerprint density at radius 3 is 1.26 bits per heavy atom. The van der Waals surface area contributed by atoms with E-state index in [0.29, 0.717) is 19.6 Å². The van der Waals surface area contributed by atoms with E-state index in [1.54, 1.807) is 0 Å². The number of hydrogen-bond acceptors (Lipinski definition) is 3. The van der Waals surface area contributed by atoms with E-state index in [2.05, 4.69) is 9.47 Å². The van der Waals surface area contributed by atoms with Gasteiger partial charge in [0.05, 0.1) is 0 Å². The molecule has 0 unspecified atom stereocenters. The molecule has 0 aliphatic rings. The monoisotopic (exact) mass is 393 g/mol. The lowest BCUT2D eigenvalue weighted by Crippen LogP contribution is -2.22. The molecule has 0 atom stereocenters. The predicted molar refractivity (Wildman–Crippen MR) is 86.0 cm³/mol. The van der Waals surface area contributed by atoms with E-state index in [9.17, 15) is 26.3 Å². The van der Waals surface area contributed by atoms with Gasteiger partial charge in [-0.05, 0) is 41.9 Å². The molecule has 0 saturated heterocycles. The molecule has 0 aliphatic heterocycles. The molecule has 0 saturated carbocycles. The molecule has 2 rings (SSSR count). The van der Waals surface area contributed by atoms with Crippen molar-refractivity contribution in [1.82, 2.24) is 4.90 Å². The van der Waals surface area contributed by atoms with Crippen LogP contribution in [0.4, 0.5) is 26.3 Å². The van der Waals surface area contributed by atoms with Gasteiger partial charge >= 0.3 is 12.7 Å². The summed E-state index contributed by atoms with van der Waals surface area (Å²) < 4.78 is 80.6. The first-order valence-corrected chi connectivity index (χ1v) is 7.96. The van der Waals surface area contributed by atoms with Gasteiger partial charge in [-0.2, -0.15) is 0 Å². The Balaban J connectivity index is 1.95. The Morgan fingerprint density at radius 2 is 1.00 bits per heavy atom. The summed E-state index contributed by atoms with van der Waals surface area (Å²) in [4.78, 5) is 1.99. The average molecular weight is 393 g/mol. The number of benzene rings is 2. The van der Waals surface area contributed by atoms with E-state index in [-0.39, 0.29) is 11.5 Å². The second kappa shape index (κ2) is 8.51. The first-order valence-electron chi connectivity index (χ1n) is 7.96. The minimum atomic E-state index is -4.74. The van der Waals surface area contributed by atoms with Gasteiger partial charge in [-0.15, -0.1) is 26.3 Å². The first-order chi connectivity index (χ1) is 12.5. The van der Waals surface area contributed by atoms with Crippen LogP contribution in [0.1, 0.15) is 18.1 Å². The standard InChI is InChI=1S/C18H17F6NO2/c1-2-25(11-13-3-7-15(8-4-13)26-17(19,20)21)12-14-5-9-16(10-6-14)27-18(22,23)24/h3-10H,2,11-12H2,1H3. The highest BCUT2D eigenvalue weighted by Crippen LogP contribution is 2.24. The number of nitrogens with zero attached hydrogens (tertiary/aromatic N) is 1. The molecule has 0 aliphatic carbocycles. The summed E-state index contributed by atoms with van der Waals surface area (Å²) in [5.41, 5.74) is 1.56. The second-order valence-electron chi connectivity index (χ2n) is 5.69. The molecule has 0 fully saturated rings.